The number of hydrogen-bond acceptors (Lipinski definition) is 2. The lowest BCUT2D eigenvalue weighted by atomic mass is 10.1. The molecule has 2 heteroatoms. The molecule has 1 N–H and O–H groups in total. The van der Waals surface area contributed by atoms with E-state index >= 15 is 0 Å². The summed E-state index contributed by atoms with van der Waals surface area (Å²) in [6.45, 7) is 6.09. The zero-order valence-electron chi connectivity index (χ0n) is 10.1. The van der Waals surface area contributed by atoms with Crippen LogP contribution in [0.15, 0.2) is 0 Å². The first-order valence-electron chi connectivity index (χ1n) is 6.03. The minimum Gasteiger partial charge on any atom is -0.396 e. The molecule has 0 aromatic heterocycles. The highest BCUT2D eigenvalue weighted by Crippen LogP contribution is 2.06. The molecule has 1 atom stereocenters. The summed E-state index contributed by atoms with van der Waals surface area (Å²) in [5.41, 5.74) is 0. The van der Waals surface area contributed by atoms with Gasteiger partial charge in [0.2, 0.25) is 0 Å². The van der Waals surface area contributed by atoms with Crippen LogP contribution >= 0.6 is 0 Å². The van der Waals surface area contributed by atoms with Gasteiger partial charge in [0.1, 0.15) is 0 Å². The van der Waals surface area contributed by atoms with Crippen LogP contribution in [-0.2, 0) is 0 Å². The predicted octanol–water partition coefficient (Wildman–Crippen LogP) is 2.66. The lowest BCUT2D eigenvalue weighted by Crippen LogP contribution is -2.29. The van der Waals surface area contributed by atoms with Gasteiger partial charge >= 0.3 is 0 Å². The molecule has 0 radical (unpaired) electrons. The summed E-state index contributed by atoms with van der Waals surface area (Å²) in [7, 11) is 2.21. The van der Waals surface area contributed by atoms with Crippen molar-refractivity contribution < 1.29 is 5.11 Å². The Kier molecular flexibility index (Phi) is 9.42. The van der Waals surface area contributed by atoms with Crippen LogP contribution in [0.25, 0.3) is 0 Å². The van der Waals surface area contributed by atoms with Gasteiger partial charge in [-0.1, -0.05) is 26.2 Å². The fourth-order valence-corrected chi connectivity index (χ4v) is 1.69. The van der Waals surface area contributed by atoms with Crippen LogP contribution in [0.5, 0.6) is 0 Å². The van der Waals surface area contributed by atoms with E-state index in [0.717, 1.165) is 12.5 Å². The fraction of sp³-hybridized carbons (Fsp3) is 1.00. The van der Waals surface area contributed by atoms with Crippen LogP contribution in [0, 0.1) is 0 Å². The van der Waals surface area contributed by atoms with Gasteiger partial charge in [-0.2, -0.15) is 0 Å². The highest BCUT2D eigenvalue weighted by Gasteiger charge is 2.06. The minimum atomic E-state index is 0.349. The first-order chi connectivity index (χ1) is 6.72. The summed E-state index contributed by atoms with van der Waals surface area (Å²) >= 11 is 0. The molecular weight excluding hydrogens is 174 g/mol. The molecule has 0 heterocycles. The Morgan fingerprint density at radius 2 is 1.79 bits per heavy atom. The molecule has 0 saturated heterocycles. The van der Waals surface area contributed by atoms with Crippen molar-refractivity contribution in [1.82, 2.24) is 4.90 Å². The largest absolute Gasteiger partial charge is 0.396 e. The SMILES string of the molecule is CCCC(C)N(C)CCCCCCO. The molecular formula is C12H27NO. The van der Waals surface area contributed by atoms with Crippen molar-refractivity contribution in [2.45, 2.75) is 58.4 Å². The Balaban J connectivity index is 3.29. The van der Waals surface area contributed by atoms with Crippen LogP contribution in [0.4, 0.5) is 0 Å². The molecule has 0 aliphatic carbocycles. The van der Waals surface area contributed by atoms with Crippen LogP contribution in [0.3, 0.4) is 0 Å². The van der Waals surface area contributed by atoms with E-state index in [1.54, 1.807) is 0 Å². The van der Waals surface area contributed by atoms with E-state index in [9.17, 15) is 0 Å². The number of aliphatic hydroxyl groups is 1. The Morgan fingerprint density at radius 1 is 1.14 bits per heavy atom. The summed E-state index contributed by atoms with van der Waals surface area (Å²) in [4.78, 5) is 2.45. The van der Waals surface area contributed by atoms with E-state index in [1.165, 1.54) is 38.6 Å². The lowest BCUT2D eigenvalue weighted by Gasteiger charge is -2.24. The van der Waals surface area contributed by atoms with Crippen molar-refractivity contribution >= 4 is 0 Å². The first kappa shape index (κ1) is 13.9. The van der Waals surface area contributed by atoms with Crippen LogP contribution < -0.4 is 0 Å². The van der Waals surface area contributed by atoms with Crippen molar-refractivity contribution in [3.63, 3.8) is 0 Å². The van der Waals surface area contributed by atoms with E-state index in [1.807, 2.05) is 0 Å². The molecule has 14 heavy (non-hydrogen) atoms. The standard InChI is InChI=1S/C12H27NO/c1-4-9-12(2)13(3)10-7-5-6-8-11-14/h12,14H,4-11H2,1-3H3. The van der Waals surface area contributed by atoms with Crippen molar-refractivity contribution in [2.75, 3.05) is 20.2 Å². The number of aliphatic hydroxyl groups excluding tert-OH is 1. The number of unbranched alkanes of at least 4 members (excludes halogenated alkanes) is 3. The highest BCUT2D eigenvalue weighted by atomic mass is 16.2. The predicted molar refractivity (Wildman–Crippen MR) is 62.6 cm³/mol. The summed E-state index contributed by atoms with van der Waals surface area (Å²) < 4.78 is 0. The second-order valence-corrected chi connectivity index (χ2v) is 4.26. The van der Waals surface area contributed by atoms with E-state index < -0.39 is 0 Å². The molecule has 0 saturated carbocycles. The third-order valence-corrected chi connectivity index (χ3v) is 2.88. The van der Waals surface area contributed by atoms with Crippen molar-refractivity contribution in [1.29, 1.82) is 0 Å². The Bertz CT molecular complexity index is 117. The second kappa shape index (κ2) is 9.47. The zero-order valence-corrected chi connectivity index (χ0v) is 10.1. The number of hydrogen-bond donors (Lipinski definition) is 1. The quantitative estimate of drug-likeness (QED) is 0.580. The van der Waals surface area contributed by atoms with E-state index in [4.69, 9.17) is 5.11 Å². The molecule has 0 amide bonds. The summed E-state index contributed by atoms with van der Waals surface area (Å²) in [5.74, 6) is 0. The zero-order chi connectivity index (χ0) is 10.8. The summed E-state index contributed by atoms with van der Waals surface area (Å²) in [6, 6.07) is 0.720. The van der Waals surface area contributed by atoms with Crippen molar-refractivity contribution in [2.24, 2.45) is 0 Å². The van der Waals surface area contributed by atoms with Gasteiger partial charge in [0.25, 0.3) is 0 Å². The van der Waals surface area contributed by atoms with Crippen molar-refractivity contribution in [3.8, 4) is 0 Å². The van der Waals surface area contributed by atoms with E-state index in [2.05, 4.69) is 25.8 Å². The molecule has 0 aromatic carbocycles. The molecule has 0 rings (SSSR count). The minimum absolute atomic E-state index is 0.349. The normalized spacial score (nSPS) is 13.5. The molecule has 0 bridgehead atoms. The first-order valence-corrected chi connectivity index (χ1v) is 6.03. The second-order valence-electron chi connectivity index (χ2n) is 4.26. The summed E-state index contributed by atoms with van der Waals surface area (Å²) in [6.07, 6.45) is 7.23. The van der Waals surface area contributed by atoms with Gasteiger partial charge in [-0.05, 0) is 39.8 Å². The van der Waals surface area contributed by atoms with Crippen LogP contribution in [0.1, 0.15) is 52.4 Å². The van der Waals surface area contributed by atoms with Crippen LogP contribution in [-0.4, -0.2) is 36.2 Å². The lowest BCUT2D eigenvalue weighted by molar-refractivity contribution is 0.236. The van der Waals surface area contributed by atoms with Gasteiger partial charge in [0, 0.05) is 12.6 Å². The van der Waals surface area contributed by atoms with E-state index in [-0.39, 0.29) is 0 Å². The topological polar surface area (TPSA) is 23.5 Å². The highest BCUT2D eigenvalue weighted by molar-refractivity contribution is 4.62. The molecule has 0 aromatic rings. The average Bonchev–Trinajstić information content (AvgIpc) is 2.17. The maximum absolute atomic E-state index is 8.62. The van der Waals surface area contributed by atoms with Gasteiger partial charge in [0.15, 0.2) is 0 Å². The van der Waals surface area contributed by atoms with Gasteiger partial charge < -0.3 is 10.0 Å². The molecule has 86 valence electrons. The third-order valence-electron chi connectivity index (χ3n) is 2.88. The molecule has 0 aliphatic heterocycles. The van der Waals surface area contributed by atoms with Gasteiger partial charge in [-0.3, -0.25) is 0 Å². The molecule has 0 fully saturated rings. The monoisotopic (exact) mass is 201 g/mol. The summed E-state index contributed by atoms with van der Waals surface area (Å²) in [5, 5.41) is 8.62. The maximum Gasteiger partial charge on any atom is 0.0431 e. The van der Waals surface area contributed by atoms with Gasteiger partial charge in [-0.15, -0.1) is 0 Å². The van der Waals surface area contributed by atoms with Crippen molar-refractivity contribution in [3.05, 3.63) is 0 Å². The number of rotatable bonds is 9. The Morgan fingerprint density at radius 3 is 2.36 bits per heavy atom. The van der Waals surface area contributed by atoms with Crippen LogP contribution in [0.2, 0.25) is 0 Å². The Hall–Kier alpha value is -0.0800. The smallest absolute Gasteiger partial charge is 0.0431 e. The Labute approximate surface area is 89.3 Å². The van der Waals surface area contributed by atoms with Gasteiger partial charge in [0.05, 0.1) is 0 Å². The number of nitrogens with zero attached hydrogens (tertiary/aromatic N) is 1. The molecule has 1 unspecified atom stereocenters. The van der Waals surface area contributed by atoms with Gasteiger partial charge in [-0.25, -0.2) is 0 Å². The fourth-order valence-electron chi connectivity index (χ4n) is 1.69. The molecule has 0 aliphatic rings. The molecule has 2 nitrogen and oxygen atoms in total. The third kappa shape index (κ3) is 7.34. The average molecular weight is 201 g/mol. The van der Waals surface area contributed by atoms with E-state index in [0.29, 0.717) is 6.61 Å². The maximum atomic E-state index is 8.62. The molecule has 0 spiro atoms.